The van der Waals surface area contributed by atoms with Crippen molar-refractivity contribution in [3.05, 3.63) is 53.2 Å². The van der Waals surface area contributed by atoms with Crippen LogP contribution in [0.3, 0.4) is 0 Å². The van der Waals surface area contributed by atoms with Crippen molar-refractivity contribution in [3.63, 3.8) is 0 Å². The highest BCUT2D eigenvalue weighted by molar-refractivity contribution is 7.98. The van der Waals surface area contributed by atoms with Crippen molar-refractivity contribution in [2.45, 2.75) is 4.90 Å². The predicted molar refractivity (Wildman–Crippen MR) is 104 cm³/mol. The molecular formula is C17H16ClN5O2S. The number of carbonyl (C=O) groups is 1. The highest BCUT2D eigenvalue weighted by atomic mass is 35.5. The lowest BCUT2D eigenvalue weighted by Gasteiger charge is -2.08. The zero-order valence-electron chi connectivity index (χ0n) is 14.1. The number of nitrogens with one attached hydrogen (secondary N) is 1. The Labute approximate surface area is 159 Å². The van der Waals surface area contributed by atoms with Crippen LogP contribution in [0.1, 0.15) is 10.5 Å². The van der Waals surface area contributed by atoms with Gasteiger partial charge in [-0.15, -0.1) is 16.9 Å². The van der Waals surface area contributed by atoms with E-state index in [2.05, 4.69) is 15.6 Å². The monoisotopic (exact) mass is 389 g/mol. The summed E-state index contributed by atoms with van der Waals surface area (Å²) < 4.78 is 6.51. The van der Waals surface area contributed by atoms with Gasteiger partial charge in [-0.1, -0.05) is 22.9 Å². The van der Waals surface area contributed by atoms with Crippen LogP contribution in [0, 0.1) is 0 Å². The van der Waals surface area contributed by atoms with Gasteiger partial charge < -0.3 is 15.8 Å². The summed E-state index contributed by atoms with van der Waals surface area (Å²) in [4.78, 5) is 13.5. The van der Waals surface area contributed by atoms with Gasteiger partial charge in [0.2, 0.25) is 0 Å². The topological polar surface area (TPSA) is 95.1 Å². The van der Waals surface area contributed by atoms with Crippen LogP contribution in [0.5, 0.6) is 5.75 Å². The van der Waals surface area contributed by atoms with E-state index in [0.717, 1.165) is 10.6 Å². The first-order valence-corrected chi connectivity index (χ1v) is 9.14. The minimum atomic E-state index is -0.476. The van der Waals surface area contributed by atoms with Crippen molar-refractivity contribution in [2.75, 3.05) is 24.4 Å². The third-order valence-corrected chi connectivity index (χ3v) is 4.65. The van der Waals surface area contributed by atoms with Crippen molar-refractivity contribution in [2.24, 2.45) is 0 Å². The number of rotatable bonds is 5. The minimum Gasteiger partial charge on any atom is -0.495 e. The van der Waals surface area contributed by atoms with Crippen LogP contribution in [0.4, 0.5) is 11.5 Å². The third-order valence-electron chi connectivity index (χ3n) is 3.63. The second-order valence-electron chi connectivity index (χ2n) is 5.24. The number of thioether (sulfide) groups is 1. The molecule has 1 amide bonds. The molecule has 9 heteroatoms. The average Bonchev–Trinajstić information content (AvgIpc) is 3.03. The van der Waals surface area contributed by atoms with Gasteiger partial charge in [0, 0.05) is 10.6 Å². The number of nitrogen functional groups attached to an aromatic ring is 1. The number of hydrogen-bond acceptors (Lipinski definition) is 6. The number of amides is 1. The van der Waals surface area contributed by atoms with Crippen LogP contribution in [0.15, 0.2) is 47.4 Å². The molecule has 1 heterocycles. The quantitative estimate of drug-likeness (QED) is 0.648. The summed E-state index contributed by atoms with van der Waals surface area (Å²) in [6, 6.07) is 12.5. The highest BCUT2D eigenvalue weighted by Crippen LogP contribution is 2.28. The molecule has 0 fully saturated rings. The molecule has 0 atom stereocenters. The Balaban J connectivity index is 1.85. The number of carbonyl (C=O) groups excluding carboxylic acids is 1. The summed E-state index contributed by atoms with van der Waals surface area (Å²) in [5, 5.41) is 11.0. The standard InChI is InChI=1S/C17H16ClN5O2S/c1-25-14-7-6-10(8-13(14)18)20-17(24)15-16(19)23(22-21-15)11-4-3-5-12(9-11)26-2/h3-9H,19H2,1-2H3,(H,20,24). The second-order valence-corrected chi connectivity index (χ2v) is 6.53. The predicted octanol–water partition coefficient (Wildman–Crippen LogP) is 3.49. The molecule has 1 aromatic heterocycles. The fourth-order valence-corrected chi connectivity index (χ4v) is 3.03. The molecule has 134 valence electrons. The van der Waals surface area contributed by atoms with Crippen molar-refractivity contribution in [3.8, 4) is 11.4 Å². The molecule has 0 saturated carbocycles. The van der Waals surface area contributed by atoms with Crippen LogP contribution in [-0.2, 0) is 0 Å². The van der Waals surface area contributed by atoms with Gasteiger partial charge in [0.1, 0.15) is 5.75 Å². The SMILES string of the molecule is COc1ccc(NC(=O)c2nnn(-c3cccc(SC)c3)c2N)cc1Cl. The van der Waals surface area contributed by atoms with Gasteiger partial charge in [-0.2, -0.15) is 4.68 Å². The van der Waals surface area contributed by atoms with E-state index in [0.29, 0.717) is 16.5 Å². The Morgan fingerprint density at radius 3 is 2.81 bits per heavy atom. The maximum absolute atomic E-state index is 12.5. The van der Waals surface area contributed by atoms with E-state index in [1.165, 1.54) is 11.8 Å². The molecule has 2 aromatic carbocycles. The minimum absolute atomic E-state index is 0.0338. The molecule has 3 rings (SSSR count). The number of nitrogens with zero attached hydrogens (tertiary/aromatic N) is 3. The van der Waals surface area contributed by atoms with Crippen molar-refractivity contribution in [1.82, 2.24) is 15.0 Å². The van der Waals surface area contributed by atoms with E-state index in [-0.39, 0.29) is 11.5 Å². The summed E-state index contributed by atoms with van der Waals surface area (Å²) in [6.45, 7) is 0. The molecule has 0 spiro atoms. The highest BCUT2D eigenvalue weighted by Gasteiger charge is 2.19. The van der Waals surface area contributed by atoms with E-state index in [1.807, 2.05) is 30.5 Å². The molecule has 0 unspecified atom stereocenters. The molecular weight excluding hydrogens is 374 g/mol. The van der Waals surface area contributed by atoms with Crippen molar-refractivity contribution in [1.29, 1.82) is 0 Å². The van der Waals surface area contributed by atoms with Crippen LogP contribution in [0.25, 0.3) is 5.69 Å². The van der Waals surface area contributed by atoms with Crippen LogP contribution < -0.4 is 15.8 Å². The molecule has 0 radical (unpaired) electrons. The summed E-state index contributed by atoms with van der Waals surface area (Å²) in [7, 11) is 1.52. The number of halogens is 1. The maximum Gasteiger partial charge on any atom is 0.280 e. The molecule has 0 aliphatic heterocycles. The van der Waals surface area contributed by atoms with E-state index in [9.17, 15) is 4.79 Å². The van der Waals surface area contributed by atoms with Gasteiger partial charge in [-0.25, -0.2) is 0 Å². The molecule has 3 N–H and O–H groups in total. The largest absolute Gasteiger partial charge is 0.495 e. The second kappa shape index (κ2) is 7.67. The first-order valence-electron chi connectivity index (χ1n) is 7.54. The zero-order chi connectivity index (χ0) is 18.7. The van der Waals surface area contributed by atoms with Gasteiger partial charge >= 0.3 is 0 Å². The van der Waals surface area contributed by atoms with Crippen LogP contribution >= 0.6 is 23.4 Å². The number of methoxy groups -OCH3 is 1. The van der Waals surface area contributed by atoms with Gasteiger partial charge in [0.25, 0.3) is 5.91 Å². The van der Waals surface area contributed by atoms with E-state index in [1.54, 1.807) is 30.0 Å². The molecule has 0 aliphatic rings. The van der Waals surface area contributed by atoms with Gasteiger partial charge in [0.15, 0.2) is 11.5 Å². The Kier molecular flexibility index (Phi) is 5.34. The average molecular weight is 390 g/mol. The van der Waals surface area contributed by atoms with Crippen LogP contribution in [0.2, 0.25) is 5.02 Å². The zero-order valence-corrected chi connectivity index (χ0v) is 15.6. The van der Waals surface area contributed by atoms with E-state index in [4.69, 9.17) is 22.1 Å². The molecule has 0 bridgehead atoms. The van der Waals surface area contributed by atoms with Crippen LogP contribution in [-0.4, -0.2) is 34.3 Å². The first-order chi connectivity index (χ1) is 12.5. The number of benzene rings is 2. The number of aromatic nitrogens is 3. The normalized spacial score (nSPS) is 10.6. The Morgan fingerprint density at radius 1 is 1.31 bits per heavy atom. The number of hydrogen-bond donors (Lipinski definition) is 2. The summed E-state index contributed by atoms with van der Waals surface area (Å²) >= 11 is 7.67. The van der Waals surface area contributed by atoms with Crippen molar-refractivity contribution >= 4 is 40.8 Å². The van der Waals surface area contributed by atoms with Gasteiger partial charge in [0.05, 0.1) is 17.8 Å². The Bertz CT molecular complexity index is 960. The fraction of sp³-hybridized carbons (Fsp3) is 0.118. The molecule has 0 aliphatic carbocycles. The van der Waals surface area contributed by atoms with Gasteiger partial charge in [-0.05, 0) is 42.7 Å². The summed E-state index contributed by atoms with van der Waals surface area (Å²) in [5.41, 5.74) is 7.34. The molecule has 7 nitrogen and oxygen atoms in total. The number of ether oxygens (including phenoxy) is 1. The van der Waals surface area contributed by atoms with Gasteiger partial charge in [-0.3, -0.25) is 4.79 Å². The van der Waals surface area contributed by atoms with Crippen molar-refractivity contribution < 1.29 is 9.53 Å². The lowest BCUT2D eigenvalue weighted by atomic mass is 10.3. The molecule has 26 heavy (non-hydrogen) atoms. The summed E-state index contributed by atoms with van der Waals surface area (Å²) in [6.07, 6.45) is 1.97. The lowest BCUT2D eigenvalue weighted by molar-refractivity contribution is 0.102. The van der Waals surface area contributed by atoms with E-state index >= 15 is 0 Å². The molecule has 3 aromatic rings. The molecule has 0 saturated heterocycles. The number of anilines is 2. The lowest BCUT2D eigenvalue weighted by Crippen LogP contribution is -2.15. The third kappa shape index (κ3) is 3.61. The maximum atomic E-state index is 12.5. The fourth-order valence-electron chi connectivity index (χ4n) is 2.32. The Hall–Kier alpha value is -2.71. The summed E-state index contributed by atoms with van der Waals surface area (Å²) in [5.74, 6) is 0.195. The smallest absolute Gasteiger partial charge is 0.280 e. The van der Waals surface area contributed by atoms with E-state index < -0.39 is 5.91 Å². The number of nitrogens with two attached hydrogens (primary N) is 1. The first kappa shape index (κ1) is 18.1. The Morgan fingerprint density at radius 2 is 2.12 bits per heavy atom.